The van der Waals surface area contributed by atoms with Gasteiger partial charge in [0.1, 0.15) is 11.7 Å². The molecule has 3 unspecified atom stereocenters. The molecular weight excluding hydrogens is 472 g/mol. The molecule has 8 heteroatoms. The van der Waals surface area contributed by atoms with E-state index < -0.39 is 24.0 Å². The number of carbonyl (C=O) groups excluding carboxylic acids is 2. The molecule has 0 saturated carbocycles. The molecule has 0 spiro atoms. The van der Waals surface area contributed by atoms with Crippen molar-refractivity contribution in [1.82, 2.24) is 0 Å². The van der Waals surface area contributed by atoms with Gasteiger partial charge in [0.05, 0.1) is 37.7 Å². The van der Waals surface area contributed by atoms with Gasteiger partial charge >= 0.3 is 0 Å². The molecule has 37 heavy (non-hydrogen) atoms. The Labute approximate surface area is 216 Å². The number of fused-ring (bicyclic) bond motifs is 1. The van der Waals surface area contributed by atoms with Crippen LogP contribution in [0.15, 0.2) is 72.8 Å². The number of amides is 2. The van der Waals surface area contributed by atoms with Gasteiger partial charge in [0.25, 0.3) is 5.91 Å². The number of carbonyl (C=O) groups is 2. The number of methoxy groups -OCH3 is 1. The second-order valence-corrected chi connectivity index (χ2v) is 8.86. The van der Waals surface area contributed by atoms with E-state index in [0.717, 1.165) is 17.7 Å². The molecule has 3 aromatic carbocycles. The van der Waals surface area contributed by atoms with Crippen molar-refractivity contribution in [1.29, 1.82) is 0 Å². The number of rotatable bonds is 9. The first-order valence-corrected chi connectivity index (χ1v) is 12.5. The summed E-state index contributed by atoms with van der Waals surface area (Å²) in [5.74, 6) is 0.425. The highest BCUT2D eigenvalue weighted by Gasteiger charge is 2.60. The van der Waals surface area contributed by atoms with Crippen molar-refractivity contribution in [2.24, 2.45) is 5.92 Å². The Morgan fingerprint density at radius 3 is 2.27 bits per heavy atom. The van der Waals surface area contributed by atoms with Crippen LogP contribution in [0.5, 0.6) is 17.2 Å². The van der Waals surface area contributed by atoms with Crippen LogP contribution >= 0.6 is 0 Å². The lowest BCUT2D eigenvalue weighted by Crippen LogP contribution is -2.37. The zero-order valence-corrected chi connectivity index (χ0v) is 21.1. The predicted molar refractivity (Wildman–Crippen MR) is 139 cm³/mol. The third kappa shape index (κ3) is 4.49. The maximum atomic E-state index is 13.8. The second-order valence-electron chi connectivity index (χ2n) is 8.86. The van der Waals surface area contributed by atoms with Gasteiger partial charge in [-0.25, -0.2) is 9.96 Å². The lowest BCUT2D eigenvalue weighted by atomic mass is 9.90. The SMILES string of the molecule is CCCOc1ccc(C2C3C(=O)N(c4ccc(OC)cc4)C(=O)C3ON2c2ccccc2)cc1OCC. The topological polar surface area (TPSA) is 77.5 Å². The number of benzene rings is 3. The largest absolute Gasteiger partial charge is 0.497 e. The summed E-state index contributed by atoms with van der Waals surface area (Å²) < 4.78 is 17.0. The van der Waals surface area contributed by atoms with E-state index in [2.05, 4.69) is 0 Å². The van der Waals surface area contributed by atoms with Gasteiger partial charge in [0.2, 0.25) is 5.91 Å². The van der Waals surface area contributed by atoms with E-state index in [4.69, 9.17) is 19.0 Å². The van der Waals surface area contributed by atoms with Crippen LogP contribution in [0.2, 0.25) is 0 Å². The molecule has 2 aliphatic heterocycles. The van der Waals surface area contributed by atoms with Crippen molar-refractivity contribution < 1.29 is 28.6 Å². The Kier molecular flexibility index (Phi) is 7.01. The molecule has 3 atom stereocenters. The second kappa shape index (κ2) is 10.5. The predicted octanol–water partition coefficient (Wildman–Crippen LogP) is 4.93. The Balaban J connectivity index is 1.56. The first-order valence-electron chi connectivity index (χ1n) is 12.5. The Bertz CT molecular complexity index is 1260. The molecule has 8 nitrogen and oxygen atoms in total. The van der Waals surface area contributed by atoms with Crippen LogP contribution in [-0.4, -0.2) is 38.2 Å². The van der Waals surface area contributed by atoms with Crippen molar-refractivity contribution in [3.05, 3.63) is 78.4 Å². The summed E-state index contributed by atoms with van der Waals surface area (Å²) in [4.78, 5) is 34.8. The van der Waals surface area contributed by atoms with E-state index >= 15 is 0 Å². The molecule has 2 amide bonds. The van der Waals surface area contributed by atoms with Gasteiger partial charge in [0.15, 0.2) is 17.6 Å². The van der Waals surface area contributed by atoms with Crippen molar-refractivity contribution in [2.45, 2.75) is 32.4 Å². The summed E-state index contributed by atoms with van der Waals surface area (Å²) in [7, 11) is 1.57. The van der Waals surface area contributed by atoms with Crippen molar-refractivity contribution >= 4 is 23.2 Å². The summed E-state index contributed by atoms with van der Waals surface area (Å²) in [6.45, 7) is 4.98. The van der Waals surface area contributed by atoms with E-state index in [1.165, 1.54) is 4.90 Å². The maximum Gasteiger partial charge on any atom is 0.266 e. The maximum absolute atomic E-state index is 13.8. The molecule has 3 aromatic rings. The number of hydroxylamine groups is 1. The first kappa shape index (κ1) is 24.6. The summed E-state index contributed by atoms with van der Waals surface area (Å²) in [5.41, 5.74) is 2.03. The normalized spacial score (nSPS) is 20.8. The monoisotopic (exact) mass is 502 g/mol. The standard InChI is InChI=1S/C29H30N2O6/c1-4-17-36-23-16-11-19(18-24(23)35-5-2)26-25-27(37-31(26)21-9-7-6-8-10-21)29(33)30(28(25)32)20-12-14-22(34-3)15-13-20/h6-16,18,25-27H,4-5,17H2,1-3H3. The lowest BCUT2D eigenvalue weighted by molar-refractivity contribution is -0.126. The average Bonchev–Trinajstić information content (AvgIpc) is 3.44. The number of ether oxygens (including phenoxy) is 3. The van der Waals surface area contributed by atoms with E-state index in [9.17, 15) is 9.59 Å². The third-order valence-corrected chi connectivity index (χ3v) is 6.53. The van der Waals surface area contributed by atoms with E-state index in [-0.39, 0.29) is 5.91 Å². The van der Waals surface area contributed by atoms with Gasteiger partial charge in [-0.15, -0.1) is 0 Å². The molecular formula is C29H30N2O6. The van der Waals surface area contributed by atoms with Gasteiger partial charge < -0.3 is 14.2 Å². The molecule has 2 aliphatic rings. The third-order valence-electron chi connectivity index (χ3n) is 6.53. The summed E-state index contributed by atoms with van der Waals surface area (Å²) in [5, 5.41) is 1.67. The van der Waals surface area contributed by atoms with Crippen LogP contribution in [0.3, 0.4) is 0 Å². The van der Waals surface area contributed by atoms with E-state index in [1.54, 1.807) is 36.4 Å². The molecule has 0 bridgehead atoms. The van der Waals surface area contributed by atoms with Crippen LogP contribution < -0.4 is 24.2 Å². The minimum absolute atomic E-state index is 0.312. The molecule has 0 aliphatic carbocycles. The minimum atomic E-state index is -0.952. The highest BCUT2D eigenvalue weighted by atomic mass is 16.7. The van der Waals surface area contributed by atoms with Crippen molar-refractivity contribution in [3.63, 3.8) is 0 Å². The fourth-order valence-electron chi connectivity index (χ4n) is 4.85. The number of imide groups is 1. The summed E-state index contributed by atoms with van der Waals surface area (Å²) in [6.07, 6.45) is -0.0843. The summed E-state index contributed by atoms with van der Waals surface area (Å²) in [6, 6.07) is 21.4. The lowest BCUT2D eigenvalue weighted by Gasteiger charge is -2.29. The Hall–Kier alpha value is -4.04. The highest BCUT2D eigenvalue weighted by molar-refractivity contribution is 6.23. The van der Waals surface area contributed by atoms with Crippen LogP contribution in [0.4, 0.5) is 11.4 Å². The Morgan fingerprint density at radius 2 is 1.59 bits per heavy atom. The smallest absolute Gasteiger partial charge is 0.266 e. The number of hydrogen-bond acceptors (Lipinski definition) is 7. The fourth-order valence-corrected chi connectivity index (χ4v) is 4.85. The zero-order valence-electron chi connectivity index (χ0n) is 21.1. The molecule has 5 rings (SSSR count). The van der Waals surface area contributed by atoms with E-state index in [1.807, 2.05) is 62.4 Å². The number of para-hydroxylation sites is 1. The van der Waals surface area contributed by atoms with Crippen LogP contribution in [-0.2, 0) is 14.4 Å². The molecule has 2 fully saturated rings. The molecule has 2 saturated heterocycles. The highest BCUT2D eigenvalue weighted by Crippen LogP contribution is 2.48. The zero-order chi connectivity index (χ0) is 25.9. The van der Waals surface area contributed by atoms with E-state index in [0.29, 0.717) is 36.1 Å². The quantitative estimate of drug-likeness (QED) is 0.384. The van der Waals surface area contributed by atoms with Crippen LogP contribution in [0, 0.1) is 5.92 Å². The van der Waals surface area contributed by atoms with Gasteiger partial charge in [-0.2, -0.15) is 0 Å². The van der Waals surface area contributed by atoms with Gasteiger partial charge in [-0.05, 0) is 67.4 Å². The minimum Gasteiger partial charge on any atom is -0.497 e. The molecule has 2 heterocycles. The van der Waals surface area contributed by atoms with Crippen LogP contribution in [0.25, 0.3) is 0 Å². The number of anilines is 2. The average molecular weight is 503 g/mol. The number of hydrogen-bond donors (Lipinski definition) is 0. The summed E-state index contributed by atoms with van der Waals surface area (Å²) >= 11 is 0. The molecule has 192 valence electrons. The van der Waals surface area contributed by atoms with Crippen LogP contribution in [0.1, 0.15) is 31.9 Å². The van der Waals surface area contributed by atoms with Gasteiger partial charge in [-0.3, -0.25) is 14.4 Å². The van der Waals surface area contributed by atoms with Crippen molar-refractivity contribution in [3.8, 4) is 17.2 Å². The first-order chi connectivity index (χ1) is 18.1. The van der Waals surface area contributed by atoms with Crippen molar-refractivity contribution in [2.75, 3.05) is 30.3 Å². The van der Waals surface area contributed by atoms with Gasteiger partial charge in [-0.1, -0.05) is 31.2 Å². The molecule has 0 aromatic heterocycles. The molecule has 0 radical (unpaired) electrons. The Morgan fingerprint density at radius 1 is 0.838 bits per heavy atom. The number of nitrogens with zero attached hydrogens (tertiary/aromatic N) is 2. The fraction of sp³-hybridized carbons (Fsp3) is 0.310. The molecule has 0 N–H and O–H groups in total. The van der Waals surface area contributed by atoms with Gasteiger partial charge in [0, 0.05) is 0 Å².